The number of benzene rings is 4. The molecule has 4 aromatic rings. The molecule has 202 valence electrons. The minimum Gasteiger partial charge on any atom is -0.497 e. The van der Waals surface area contributed by atoms with E-state index >= 15 is 0 Å². The second kappa shape index (κ2) is 10.3. The van der Waals surface area contributed by atoms with Gasteiger partial charge in [0, 0.05) is 6.54 Å². The van der Waals surface area contributed by atoms with Crippen LogP contribution in [0.1, 0.15) is 31.9 Å². The highest BCUT2D eigenvalue weighted by atomic mass is 32.2. The number of carbonyl (C=O) groups excluding carboxylic acids is 1. The maximum absolute atomic E-state index is 13.9. The smallest absolute Gasteiger partial charge is 0.264 e. The van der Waals surface area contributed by atoms with E-state index in [1.54, 1.807) is 18.2 Å². The minimum atomic E-state index is -4.00. The lowest BCUT2D eigenvalue weighted by Gasteiger charge is -2.36. The van der Waals surface area contributed by atoms with Crippen LogP contribution < -0.4 is 19.1 Å². The first-order chi connectivity index (χ1) is 18.6. The Morgan fingerprint density at radius 3 is 2.38 bits per heavy atom. The Labute approximate surface area is 229 Å². The number of anilines is 1. The van der Waals surface area contributed by atoms with Crippen molar-refractivity contribution in [1.82, 2.24) is 5.32 Å². The molecular weight excluding hydrogens is 512 g/mol. The third-order valence-electron chi connectivity index (χ3n) is 6.92. The second-order valence-corrected chi connectivity index (χ2v) is 12.5. The molecule has 0 saturated carbocycles. The summed E-state index contributed by atoms with van der Waals surface area (Å²) < 4.78 is 40.3. The van der Waals surface area contributed by atoms with E-state index in [0.717, 1.165) is 21.9 Å². The second-order valence-electron chi connectivity index (χ2n) is 10.6. The van der Waals surface area contributed by atoms with Gasteiger partial charge in [0.1, 0.15) is 11.5 Å². The van der Waals surface area contributed by atoms with Gasteiger partial charge >= 0.3 is 0 Å². The largest absolute Gasteiger partial charge is 0.497 e. The maximum atomic E-state index is 13.9. The summed E-state index contributed by atoms with van der Waals surface area (Å²) in [5.41, 5.74) is 2.10. The molecule has 1 N–H and O–H groups in total. The molecule has 0 saturated heterocycles. The highest BCUT2D eigenvalue weighted by Gasteiger charge is 2.38. The molecule has 4 aromatic carbocycles. The van der Waals surface area contributed by atoms with Crippen molar-refractivity contribution in [3.63, 3.8) is 0 Å². The van der Waals surface area contributed by atoms with E-state index in [-0.39, 0.29) is 22.8 Å². The predicted octanol–water partition coefficient (Wildman–Crippen LogP) is 5.42. The minimum absolute atomic E-state index is 0.104. The predicted molar refractivity (Wildman–Crippen MR) is 153 cm³/mol. The molecule has 0 radical (unpaired) electrons. The summed E-state index contributed by atoms with van der Waals surface area (Å²) in [4.78, 5) is 13.4. The standard InChI is InChI=1S/C31H32N2O5S/c1-31(2,3)24-11-16-28-27(18-24)33(39(35,36)26-14-12-25(37-4)13-15-26)20-29(38-28)30(34)32-19-21-9-10-22-7-5-6-8-23(22)17-21/h5-18,29H,19-20H2,1-4H3,(H,32,34)/t29-/m1/s1. The van der Waals surface area contributed by atoms with E-state index in [1.807, 2.05) is 54.6 Å². The molecule has 0 spiro atoms. The molecule has 0 unspecified atom stereocenters. The zero-order chi connectivity index (χ0) is 27.8. The van der Waals surface area contributed by atoms with Crippen molar-refractivity contribution in [1.29, 1.82) is 0 Å². The molecule has 5 rings (SSSR count). The normalized spacial score (nSPS) is 15.4. The summed E-state index contributed by atoms with van der Waals surface area (Å²) in [6.45, 7) is 6.32. The van der Waals surface area contributed by atoms with E-state index < -0.39 is 16.1 Å². The third kappa shape index (κ3) is 5.43. The van der Waals surface area contributed by atoms with Crippen LogP contribution in [0.25, 0.3) is 10.8 Å². The van der Waals surface area contributed by atoms with Gasteiger partial charge in [-0.1, -0.05) is 63.2 Å². The highest BCUT2D eigenvalue weighted by Crippen LogP contribution is 2.40. The van der Waals surface area contributed by atoms with Gasteiger partial charge < -0.3 is 14.8 Å². The summed E-state index contributed by atoms with van der Waals surface area (Å²) in [5, 5.41) is 5.13. The van der Waals surface area contributed by atoms with Crippen molar-refractivity contribution < 1.29 is 22.7 Å². The Balaban J connectivity index is 1.44. The number of amides is 1. The third-order valence-corrected chi connectivity index (χ3v) is 8.71. The quantitative estimate of drug-likeness (QED) is 0.351. The van der Waals surface area contributed by atoms with E-state index in [2.05, 4.69) is 26.1 Å². The van der Waals surface area contributed by atoms with Gasteiger partial charge in [0.15, 0.2) is 6.10 Å². The number of rotatable bonds is 6. The summed E-state index contributed by atoms with van der Waals surface area (Å²) in [6, 6.07) is 25.7. The van der Waals surface area contributed by atoms with Crippen LogP contribution >= 0.6 is 0 Å². The number of carbonyl (C=O) groups is 1. The summed E-state index contributed by atoms with van der Waals surface area (Å²) in [7, 11) is -2.48. The van der Waals surface area contributed by atoms with Gasteiger partial charge in [-0.3, -0.25) is 9.10 Å². The van der Waals surface area contributed by atoms with Crippen molar-refractivity contribution in [2.45, 2.75) is 43.7 Å². The molecule has 1 heterocycles. The Morgan fingerprint density at radius 1 is 0.974 bits per heavy atom. The molecule has 0 aromatic heterocycles. The number of nitrogens with zero attached hydrogens (tertiary/aromatic N) is 1. The number of fused-ring (bicyclic) bond motifs is 2. The van der Waals surface area contributed by atoms with Crippen molar-refractivity contribution in [2.24, 2.45) is 0 Å². The number of sulfonamides is 1. The number of nitrogens with one attached hydrogen (secondary N) is 1. The van der Waals surface area contributed by atoms with E-state index in [9.17, 15) is 13.2 Å². The molecule has 39 heavy (non-hydrogen) atoms. The first-order valence-electron chi connectivity index (χ1n) is 12.8. The molecular formula is C31H32N2O5S. The lowest BCUT2D eigenvalue weighted by molar-refractivity contribution is -0.127. The monoisotopic (exact) mass is 544 g/mol. The van der Waals surface area contributed by atoms with Gasteiger partial charge in [-0.2, -0.15) is 0 Å². The average molecular weight is 545 g/mol. The molecule has 1 atom stereocenters. The highest BCUT2D eigenvalue weighted by molar-refractivity contribution is 7.92. The SMILES string of the molecule is COc1ccc(S(=O)(=O)N2C[C@H](C(=O)NCc3ccc4ccccc4c3)Oc3ccc(C(C)(C)C)cc32)cc1. The zero-order valence-electron chi connectivity index (χ0n) is 22.5. The van der Waals surface area contributed by atoms with Crippen molar-refractivity contribution in [2.75, 3.05) is 18.0 Å². The molecule has 1 aliphatic heterocycles. The molecule has 1 amide bonds. The molecule has 0 bridgehead atoms. The summed E-state index contributed by atoms with van der Waals surface area (Å²) in [6.07, 6.45) is -1.02. The van der Waals surface area contributed by atoms with Crippen molar-refractivity contribution in [3.05, 3.63) is 96.1 Å². The van der Waals surface area contributed by atoms with Crippen LogP contribution in [0.2, 0.25) is 0 Å². The van der Waals surface area contributed by atoms with Crippen LogP contribution in [0.5, 0.6) is 11.5 Å². The van der Waals surface area contributed by atoms with E-state index in [0.29, 0.717) is 23.7 Å². The van der Waals surface area contributed by atoms with E-state index in [4.69, 9.17) is 9.47 Å². The van der Waals surface area contributed by atoms with Crippen molar-refractivity contribution >= 4 is 32.4 Å². The maximum Gasteiger partial charge on any atom is 0.264 e. The summed E-state index contributed by atoms with van der Waals surface area (Å²) in [5.74, 6) is 0.512. The Kier molecular flexibility index (Phi) is 6.99. The number of hydrogen-bond acceptors (Lipinski definition) is 5. The van der Waals surface area contributed by atoms with Gasteiger partial charge in [-0.15, -0.1) is 0 Å². The zero-order valence-corrected chi connectivity index (χ0v) is 23.3. The fourth-order valence-electron chi connectivity index (χ4n) is 4.61. The van der Waals surface area contributed by atoms with Crippen LogP contribution in [0, 0.1) is 0 Å². The first kappa shape index (κ1) is 26.6. The number of hydrogen-bond donors (Lipinski definition) is 1. The molecule has 8 heteroatoms. The average Bonchev–Trinajstić information content (AvgIpc) is 2.94. The lowest BCUT2D eigenvalue weighted by atomic mass is 9.86. The lowest BCUT2D eigenvalue weighted by Crippen LogP contribution is -2.50. The molecule has 0 fully saturated rings. The van der Waals surface area contributed by atoms with E-state index in [1.165, 1.54) is 23.5 Å². The van der Waals surface area contributed by atoms with Crippen LogP contribution in [0.15, 0.2) is 89.8 Å². The fraction of sp³-hybridized carbons (Fsp3) is 0.258. The van der Waals surface area contributed by atoms with Crippen LogP contribution in [0.4, 0.5) is 5.69 Å². The van der Waals surface area contributed by atoms with Crippen LogP contribution in [0.3, 0.4) is 0 Å². The van der Waals surface area contributed by atoms with Gasteiger partial charge in [0.25, 0.3) is 15.9 Å². The Bertz CT molecular complexity index is 1630. The summed E-state index contributed by atoms with van der Waals surface area (Å²) >= 11 is 0. The Hall–Kier alpha value is -4.04. The first-order valence-corrected chi connectivity index (χ1v) is 14.2. The number of methoxy groups -OCH3 is 1. The van der Waals surface area contributed by atoms with Crippen LogP contribution in [-0.2, 0) is 26.8 Å². The Morgan fingerprint density at radius 2 is 1.69 bits per heavy atom. The molecule has 1 aliphatic rings. The van der Waals surface area contributed by atoms with Gasteiger partial charge in [0.05, 0.1) is 24.2 Å². The van der Waals surface area contributed by atoms with Gasteiger partial charge in [0.2, 0.25) is 0 Å². The molecule has 7 nitrogen and oxygen atoms in total. The molecule has 0 aliphatic carbocycles. The van der Waals surface area contributed by atoms with Crippen LogP contribution in [-0.4, -0.2) is 34.1 Å². The topological polar surface area (TPSA) is 84.9 Å². The van der Waals surface area contributed by atoms with Gasteiger partial charge in [-0.25, -0.2) is 8.42 Å². The van der Waals surface area contributed by atoms with Crippen molar-refractivity contribution in [3.8, 4) is 11.5 Å². The fourth-order valence-corrected chi connectivity index (χ4v) is 6.08. The number of ether oxygens (including phenoxy) is 2. The van der Waals surface area contributed by atoms with Gasteiger partial charge in [-0.05, 0) is 69.8 Å².